The Balaban J connectivity index is 1.87. The van der Waals surface area contributed by atoms with Gasteiger partial charge in [-0.2, -0.15) is 4.68 Å². The molecule has 0 spiro atoms. The lowest BCUT2D eigenvalue weighted by Crippen LogP contribution is -2.50. The number of hydrogen-bond donors (Lipinski definition) is 1. The van der Waals surface area contributed by atoms with Gasteiger partial charge in [-0.3, -0.25) is 0 Å². The number of tetrazole rings is 1. The van der Waals surface area contributed by atoms with E-state index in [-0.39, 0.29) is 6.10 Å². The smallest absolute Gasteiger partial charge is 0.340 e. The molecule has 2 aromatic rings. The van der Waals surface area contributed by atoms with Crippen LogP contribution in [0.3, 0.4) is 0 Å². The highest BCUT2D eigenvalue weighted by molar-refractivity contribution is 5.31. The van der Waals surface area contributed by atoms with E-state index < -0.39 is 0 Å². The molecule has 1 aromatic heterocycles. The maximum Gasteiger partial charge on any atom is 0.340 e. The maximum absolute atomic E-state index is 5.64. The second-order valence-corrected chi connectivity index (χ2v) is 3.61. The third-order valence-corrected chi connectivity index (χ3v) is 2.46. The van der Waals surface area contributed by atoms with Crippen molar-refractivity contribution in [2.45, 2.75) is 6.10 Å². The zero-order valence-corrected chi connectivity index (χ0v) is 8.58. The van der Waals surface area contributed by atoms with Crippen LogP contribution >= 0.6 is 0 Å². The van der Waals surface area contributed by atoms with E-state index >= 15 is 0 Å². The van der Waals surface area contributed by atoms with Gasteiger partial charge < -0.3 is 10.1 Å². The first-order valence-corrected chi connectivity index (χ1v) is 5.14. The molecule has 1 N–H and O–H groups in total. The van der Waals surface area contributed by atoms with Crippen molar-refractivity contribution in [1.29, 1.82) is 0 Å². The molecule has 0 bridgehead atoms. The van der Waals surface area contributed by atoms with Gasteiger partial charge in [0.05, 0.1) is 5.69 Å². The first-order valence-electron chi connectivity index (χ1n) is 5.14. The van der Waals surface area contributed by atoms with Crippen molar-refractivity contribution >= 4 is 0 Å². The highest BCUT2D eigenvalue weighted by Crippen LogP contribution is 2.14. The van der Waals surface area contributed by atoms with Crippen LogP contribution in [0, 0.1) is 0 Å². The second kappa shape index (κ2) is 3.90. The van der Waals surface area contributed by atoms with Gasteiger partial charge in [-0.05, 0) is 22.6 Å². The fraction of sp³-hybridized carbons (Fsp3) is 0.300. The third kappa shape index (κ3) is 1.63. The fourth-order valence-electron chi connectivity index (χ4n) is 1.48. The minimum atomic E-state index is 0.175. The molecule has 2 heterocycles. The number of aromatic nitrogens is 4. The largest absolute Gasteiger partial charge is 0.456 e. The van der Waals surface area contributed by atoms with E-state index in [1.165, 1.54) is 0 Å². The van der Waals surface area contributed by atoms with Gasteiger partial charge in [0.1, 0.15) is 6.10 Å². The van der Waals surface area contributed by atoms with Gasteiger partial charge in [-0.1, -0.05) is 23.3 Å². The van der Waals surface area contributed by atoms with Gasteiger partial charge in [-0.15, -0.1) is 0 Å². The molecule has 0 atom stereocenters. The lowest BCUT2D eigenvalue weighted by molar-refractivity contribution is 0.126. The van der Waals surface area contributed by atoms with Crippen LogP contribution in [-0.4, -0.2) is 39.4 Å². The van der Waals surface area contributed by atoms with Crippen molar-refractivity contribution in [3.8, 4) is 11.7 Å². The Kier molecular flexibility index (Phi) is 2.26. The molecule has 6 heteroatoms. The average Bonchev–Trinajstić information content (AvgIpc) is 2.73. The Bertz CT molecular complexity index is 465. The molecule has 0 aliphatic carbocycles. The van der Waals surface area contributed by atoms with Gasteiger partial charge in [0.2, 0.25) is 0 Å². The van der Waals surface area contributed by atoms with Crippen LogP contribution in [0.1, 0.15) is 0 Å². The minimum absolute atomic E-state index is 0.175. The fourth-order valence-corrected chi connectivity index (χ4v) is 1.48. The van der Waals surface area contributed by atoms with Crippen molar-refractivity contribution in [3.63, 3.8) is 0 Å². The zero-order valence-electron chi connectivity index (χ0n) is 8.58. The SMILES string of the molecule is c1ccc(-n2nnnc2OC2CNC2)cc1. The lowest BCUT2D eigenvalue weighted by atomic mass is 10.2. The van der Waals surface area contributed by atoms with Crippen molar-refractivity contribution in [2.75, 3.05) is 13.1 Å². The first-order chi connectivity index (χ1) is 7.93. The molecule has 0 radical (unpaired) electrons. The normalized spacial score (nSPS) is 15.8. The molecule has 1 aliphatic rings. The Morgan fingerprint density at radius 3 is 2.75 bits per heavy atom. The van der Waals surface area contributed by atoms with Crippen LogP contribution in [-0.2, 0) is 0 Å². The zero-order chi connectivity index (χ0) is 10.8. The Labute approximate surface area is 92.2 Å². The maximum atomic E-state index is 5.64. The van der Waals surface area contributed by atoms with Crippen LogP contribution in [0.2, 0.25) is 0 Å². The van der Waals surface area contributed by atoms with Gasteiger partial charge in [0.25, 0.3) is 0 Å². The lowest BCUT2D eigenvalue weighted by Gasteiger charge is -2.26. The van der Waals surface area contributed by atoms with Crippen LogP contribution in [0.5, 0.6) is 6.01 Å². The van der Waals surface area contributed by atoms with Gasteiger partial charge in [0.15, 0.2) is 0 Å². The molecule has 0 unspecified atom stereocenters. The number of nitrogens with one attached hydrogen (secondary N) is 1. The molecule has 3 rings (SSSR count). The summed E-state index contributed by atoms with van der Waals surface area (Å²) in [5.74, 6) is 0. The van der Waals surface area contributed by atoms with E-state index in [1.54, 1.807) is 4.68 Å². The molecule has 1 saturated heterocycles. The molecular formula is C10H11N5O. The van der Waals surface area contributed by atoms with Crippen LogP contribution in [0.25, 0.3) is 5.69 Å². The van der Waals surface area contributed by atoms with Crippen molar-refractivity contribution in [1.82, 2.24) is 25.5 Å². The number of nitrogens with zero attached hydrogens (tertiary/aromatic N) is 4. The van der Waals surface area contributed by atoms with Gasteiger partial charge in [0, 0.05) is 13.1 Å². The summed E-state index contributed by atoms with van der Waals surface area (Å²) in [6.45, 7) is 1.70. The first kappa shape index (κ1) is 9.29. The van der Waals surface area contributed by atoms with Crippen molar-refractivity contribution in [2.24, 2.45) is 0 Å². The Morgan fingerprint density at radius 2 is 2.06 bits per heavy atom. The predicted octanol–water partition coefficient (Wildman–Crippen LogP) is 0.0129. The third-order valence-electron chi connectivity index (χ3n) is 2.46. The van der Waals surface area contributed by atoms with Crippen LogP contribution in [0.4, 0.5) is 0 Å². The Hall–Kier alpha value is -1.95. The number of hydrogen-bond acceptors (Lipinski definition) is 5. The molecule has 0 saturated carbocycles. The predicted molar refractivity (Wildman–Crippen MR) is 56.4 cm³/mol. The summed E-state index contributed by atoms with van der Waals surface area (Å²) in [6, 6.07) is 10.1. The van der Waals surface area contributed by atoms with E-state index in [2.05, 4.69) is 20.8 Å². The summed E-state index contributed by atoms with van der Waals surface area (Å²) in [7, 11) is 0. The average molecular weight is 217 g/mol. The molecule has 6 nitrogen and oxygen atoms in total. The van der Waals surface area contributed by atoms with Gasteiger partial charge in [-0.25, -0.2) is 0 Å². The van der Waals surface area contributed by atoms with Crippen molar-refractivity contribution < 1.29 is 4.74 Å². The van der Waals surface area contributed by atoms with Crippen LogP contribution < -0.4 is 10.1 Å². The number of para-hydroxylation sites is 1. The molecule has 16 heavy (non-hydrogen) atoms. The molecule has 1 fully saturated rings. The van der Waals surface area contributed by atoms with Gasteiger partial charge >= 0.3 is 6.01 Å². The minimum Gasteiger partial charge on any atom is -0.456 e. The highest BCUT2D eigenvalue weighted by atomic mass is 16.5. The quantitative estimate of drug-likeness (QED) is 0.784. The van der Waals surface area contributed by atoms with E-state index in [0.29, 0.717) is 6.01 Å². The van der Waals surface area contributed by atoms with E-state index in [4.69, 9.17) is 4.74 Å². The van der Waals surface area contributed by atoms with Crippen LogP contribution in [0.15, 0.2) is 30.3 Å². The standard InChI is InChI=1S/C10H11N5O/c1-2-4-8(5-3-1)15-10(12-13-14-15)16-9-6-11-7-9/h1-5,9,11H,6-7H2. The van der Waals surface area contributed by atoms with E-state index in [9.17, 15) is 0 Å². The number of rotatable bonds is 3. The number of ether oxygens (including phenoxy) is 1. The monoisotopic (exact) mass is 217 g/mol. The molecular weight excluding hydrogens is 206 g/mol. The summed E-state index contributed by atoms with van der Waals surface area (Å²) in [5.41, 5.74) is 0.898. The highest BCUT2D eigenvalue weighted by Gasteiger charge is 2.21. The summed E-state index contributed by atoms with van der Waals surface area (Å²) in [4.78, 5) is 0. The van der Waals surface area contributed by atoms with Crippen molar-refractivity contribution in [3.05, 3.63) is 30.3 Å². The summed E-state index contributed by atoms with van der Waals surface area (Å²) in [6.07, 6.45) is 0.175. The molecule has 82 valence electrons. The molecule has 0 amide bonds. The van der Waals surface area contributed by atoms with E-state index in [0.717, 1.165) is 18.8 Å². The summed E-state index contributed by atoms with van der Waals surface area (Å²) in [5, 5.41) is 14.5. The second-order valence-electron chi connectivity index (χ2n) is 3.61. The summed E-state index contributed by atoms with van der Waals surface area (Å²) < 4.78 is 7.24. The summed E-state index contributed by atoms with van der Waals surface area (Å²) >= 11 is 0. The molecule has 1 aromatic carbocycles. The number of benzene rings is 1. The topological polar surface area (TPSA) is 64.9 Å². The van der Waals surface area contributed by atoms with E-state index in [1.807, 2.05) is 30.3 Å². The molecule has 1 aliphatic heterocycles. The Morgan fingerprint density at radius 1 is 1.25 bits per heavy atom.